The highest BCUT2D eigenvalue weighted by atomic mass is 19.1. The number of aromatic hydroxyl groups is 1. The number of nitrogens with one attached hydrogen (secondary N) is 1. The number of benzene rings is 1. The first-order chi connectivity index (χ1) is 14.3. The van der Waals surface area contributed by atoms with Gasteiger partial charge in [-0.3, -0.25) is 19.0 Å². The predicted molar refractivity (Wildman–Crippen MR) is 106 cm³/mol. The molecule has 2 aliphatic heterocycles. The zero-order chi connectivity index (χ0) is 21.2. The highest BCUT2D eigenvalue weighted by Crippen LogP contribution is 2.44. The van der Waals surface area contributed by atoms with E-state index in [0.717, 1.165) is 18.4 Å². The molecule has 2 aromatic rings. The predicted octanol–water partition coefficient (Wildman–Crippen LogP) is 2.11. The number of amides is 2. The van der Waals surface area contributed by atoms with Crippen molar-refractivity contribution in [3.05, 3.63) is 62.8 Å². The van der Waals surface area contributed by atoms with Crippen molar-refractivity contribution in [2.45, 2.75) is 44.8 Å². The van der Waals surface area contributed by atoms with E-state index in [9.17, 15) is 23.9 Å². The van der Waals surface area contributed by atoms with Crippen LogP contribution in [0.15, 0.2) is 29.1 Å². The van der Waals surface area contributed by atoms with E-state index < -0.39 is 22.9 Å². The summed E-state index contributed by atoms with van der Waals surface area (Å²) in [6.45, 7) is 2.55. The van der Waals surface area contributed by atoms with Crippen LogP contribution in [0.1, 0.15) is 58.2 Å². The Morgan fingerprint density at radius 3 is 2.63 bits per heavy atom. The summed E-state index contributed by atoms with van der Waals surface area (Å²) in [6, 6.07) is 5.82. The minimum absolute atomic E-state index is 0.0483. The second kappa shape index (κ2) is 6.42. The summed E-state index contributed by atoms with van der Waals surface area (Å²) < 4.78 is 14.6. The van der Waals surface area contributed by atoms with Gasteiger partial charge in [0.25, 0.3) is 17.4 Å². The van der Waals surface area contributed by atoms with Crippen molar-refractivity contribution in [3.8, 4) is 5.75 Å². The summed E-state index contributed by atoms with van der Waals surface area (Å²) in [5.41, 5.74) is -0.241. The first-order valence-electron chi connectivity index (χ1n) is 10.2. The molecule has 3 heterocycles. The highest BCUT2D eigenvalue weighted by molar-refractivity contribution is 6.05. The zero-order valence-electron chi connectivity index (χ0n) is 16.6. The molecule has 0 saturated heterocycles. The fraction of sp³-hybridized carbons (Fsp3) is 0.409. The molecule has 1 saturated carbocycles. The highest BCUT2D eigenvalue weighted by Gasteiger charge is 2.52. The van der Waals surface area contributed by atoms with Crippen LogP contribution in [0.4, 0.5) is 4.39 Å². The van der Waals surface area contributed by atoms with Gasteiger partial charge in [0.2, 0.25) is 0 Å². The van der Waals surface area contributed by atoms with E-state index >= 15 is 0 Å². The van der Waals surface area contributed by atoms with Gasteiger partial charge < -0.3 is 15.3 Å². The lowest BCUT2D eigenvalue weighted by Gasteiger charge is -2.33. The third kappa shape index (κ3) is 2.45. The van der Waals surface area contributed by atoms with Crippen molar-refractivity contribution in [1.29, 1.82) is 0 Å². The van der Waals surface area contributed by atoms with Gasteiger partial charge in [-0.2, -0.15) is 0 Å². The minimum Gasteiger partial charge on any atom is -0.502 e. The molecule has 5 rings (SSSR count). The van der Waals surface area contributed by atoms with E-state index in [1.54, 1.807) is 12.1 Å². The molecule has 30 heavy (non-hydrogen) atoms. The molecule has 2 amide bonds. The number of rotatable bonds is 2. The Kier molecular flexibility index (Phi) is 4.03. The van der Waals surface area contributed by atoms with Gasteiger partial charge in [0, 0.05) is 18.7 Å². The van der Waals surface area contributed by atoms with Crippen LogP contribution in [0.25, 0.3) is 0 Å². The number of carbonyl (C=O) groups is 2. The van der Waals surface area contributed by atoms with Crippen molar-refractivity contribution in [1.82, 2.24) is 14.8 Å². The molecule has 1 aliphatic carbocycles. The van der Waals surface area contributed by atoms with Crippen LogP contribution in [0.5, 0.6) is 5.75 Å². The van der Waals surface area contributed by atoms with Crippen LogP contribution in [0, 0.1) is 11.7 Å². The summed E-state index contributed by atoms with van der Waals surface area (Å²) in [4.78, 5) is 40.7. The van der Waals surface area contributed by atoms with Gasteiger partial charge in [-0.15, -0.1) is 0 Å². The van der Waals surface area contributed by atoms with Crippen LogP contribution in [-0.4, -0.2) is 32.9 Å². The lowest BCUT2D eigenvalue weighted by atomic mass is 9.94. The van der Waals surface area contributed by atoms with E-state index in [2.05, 4.69) is 5.32 Å². The largest absolute Gasteiger partial charge is 0.502 e. The van der Waals surface area contributed by atoms with Crippen LogP contribution < -0.4 is 10.9 Å². The number of pyridine rings is 1. The first kappa shape index (κ1) is 18.8. The zero-order valence-corrected chi connectivity index (χ0v) is 16.6. The maximum atomic E-state index is 13.2. The van der Waals surface area contributed by atoms with Gasteiger partial charge in [-0.25, -0.2) is 4.39 Å². The summed E-state index contributed by atoms with van der Waals surface area (Å²) in [5, 5.41) is 13.7. The smallest absolute Gasteiger partial charge is 0.296 e. The Balaban J connectivity index is 1.60. The molecule has 2 N–H and O–H groups in total. The number of nitrogens with zero attached hydrogens (tertiary/aromatic N) is 2. The Morgan fingerprint density at radius 1 is 1.23 bits per heavy atom. The van der Waals surface area contributed by atoms with Crippen LogP contribution in [0.3, 0.4) is 0 Å². The molecule has 1 fully saturated rings. The molecule has 1 spiro atoms. The molecule has 0 radical (unpaired) electrons. The quantitative estimate of drug-likeness (QED) is 0.792. The molecular formula is C22H22FN3O4. The number of aromatic nitrogens is 1. The van der Waals surface area contributed by atoms with Crippen molar-refractivity contribution in [2.24, 2.45) is 5.92 Å². The third-order valence-corrected chi connectivity index (χ3v) is 6.83. The van der Waals surface area contributed by atoms with Gasteiger partial charge >= 0.3 is 0 Å². The SMILES string of the molecule is CC1CCCC12NC(=O)c1c3c(c(O)c(=O)n12)C(=O)N(Cc1ccc(F)cc1)CC3. The Labute approximate surface area is 172 Å². The fourth-order valence-corrected chi connectivity index (χ4v) is 5.26. The number of hydrogen-bond acceptors (Lipinski definition) is 4. The lowest BCUT2D eigenvalue weighted by Crippen LogP contribution is -2.49. The number of carbonyl (C=O) groups excluding carboxylic acids is 2. The number of fused-ring (bicyclic) bond motifs is 4. The number of hydrogen-bond donors (Lipinski definition) is 2. The Bertz CT molecular complexity index is 1140. The second-order valence-electron chi connectivity index (χ2n) is 8.47. The van der Waals surface area contributed by atoms with E-state index in [0.29, 0.717) is 24.9 Å². The lowest BCUT2D eigenvalue weighted by molar-refractivity contribution is 0.0721. The summed E-state index contributed by atoms with van der Waals surface area (Å²) in [6.07, 6.45) is 2.71. The molecule has 1 aromatic heterocycles. The van der Waals surface area contributed by atoms with E-state index in [1.165, 1.54) is 21.6 Å². The Morgan fingerprint density at radius 2 is 1.97 bits per heavy atom. The topological polar surface area (TPSA) is 91.6 Å². The molecule has 1 aromatic carbocycles. The standard InChI is InChI=1S/C22H22FN3O4/c1-12-3-2-9-22(12)24-19(28)17-15-8-10-25(11-13-4-6-14(23)7-5-13)20(29)16(15)18(27)21(30)26(17)22/h4-7,12,27H,2-3,8-11H2,1H3,(H,24,28). The monoisotopic (exact) mass is 411 g/mol. The molecule has 3 aliphatic rings. The van der Waals surface area contributed by atoms with E-state index in [1.807, 2.05) is 6.92 Å². The Hall–Kier alpha value is -3.16. The molecule has 2 unspecified atom stereocenters. The summed E-state index contributed by atoms with van der Waals surface area (Å²) in [5.74, 6) is -1.77. The van der Waals surface area contributed by atoms with Crippen molar-refractivity contribution in [2.75, 3.05) is 6.54 Å². The molecule has 7 nitrogen and oxygen atoms in total. The summed E-state index contributed by atoms with van der Waals surface area (Å²) in [7, 11) is 0. The molecule has 156 valence electrons. The maximum Gasteiger partial charge on any atom is 0.296 e. The number of halogens is 1. The first-order valence-corrected chi connectivity index (χ1v) is 10.2. The average Bonchev–Trinajstić information content (AvgIpc) is 3.23. The van der Waals surface area contributed by atoms with Crippen molar-refractivity contribution < 1.29 is 19.1 Å². The molecule has 8 heteroatoms. The van der Waals surface area contributed by atoms with Gasteiger partial charge in [0.1, 0.15) is 17.2 Å². The fourth-order valence-electron chi connectivity index (χ4n) is 5.26. The second-order valence-corrected chi connectivity index (χ2v) is 8.47. The molecular weight excluding hydrogens is 389 g/mol. The van der Waals surface area contributed by atoms with Gasteiger partial charge in [0.15, 0.2) is 5.75 Å². The van der Waals surface area contributed by atoms with Gasteiger partial charge in [-0.1, -0.05) is 19.1 Å². The maximum absolute atomic E-state index is 13.2. The van der Waals surface area contributed by atoms with Gasteiger partial charge in [-0.05, 0) is 49.3 Å². The average molecular weight is 411 g/mol. The van der Waals surface area contributed by atoms with E-state index in [-0.39, 0.29) is 35.4 Å². The van der Waals surface area contributed by atoms with Crippen molar-refractivity contribution >= 4 is 11.8 Å². The molecule has 2 atom stereocenters. The third-order valence-electron chi connectivity index (χ3n) is 6.83. The van der Waals surface area contributed by atoms with Crippen LogP contribution >= 0.6 is 0 Å². The van der Waals surface area contributed by atoms with Crippen LogP contribution in [-0.2, 0) is 18.6 Å². The van der Waals surface area contributed by atoms with Gasteiger partial charge in [0.05, 0.1) is 5.56 Å². The van der Waals surface area contributed by atoms with Crippen LogP contribution in [0.2, 0.25) is 0 Å². The van der Waals surface area contributed by atoms with E-state index in [4.69, 9.17) is 0 Å². The molecule has 0 bridgehead atoms. The van der Waals surface area contributed by atoms with Crippen molar-refractivity contribution in [3.63, 3.8) is 0 Å². The minimum atomic E-state index is -0.829. The summed E-state index contributed by atoms with van der Waals surface area (Å²) >= 11 is 0. The normalized spacial score (nSPS) is 24.9.